The van der Waals surface area contributed by atoms with E-state index in [1.807, 2.05) is 12.1 Å². The summed E-state index contributed by atoms with van der Waals surface area (Å²) in [6, 6.07) is 7.11. The molecule has 148 valence electrons. The summed E-state index contributed by atoms with van der Waals surface area (Å²) in [4.78, 5) is 27.2. The number of nitrogens with one attached hydrogen (secondary N) is 2. The number of benzene rings is 1. The van der Waals surface area contributed by atoms with Crippen molar-refractivity contribution in [2.75, 3.05) is 13.1 Å². The van der Waals surface area contributed by atoms with Gasteiger partial charge in [0.25, 0.3) is 0 Å². The summed E-state index contributed by atoms with van der Waals surface area (Å²) in [5, 5.41) is 15.8. The van der Waals surface area contributed by atoms with Gasteiger partial charge in [-0.15, -0.1) is 0 Å². The van der Waals surface area contributed by atoms with Gasteiger partial charge < -0.3 is 15.7 Å². The Bertz CT molecular complexity index is 841. The van der Waals surface area contributed by atoms with Gasteiger partial charge in [-0.3, -0.25) is 9.59 Å². The summed E-state index contributed by atoms with van der Waals surface area (Å²) in [7, 11) is 0. The van der Waals surface area contributed by atoms with Crippen LogP contribution in [0.1, 0.15) is 24.0 Å². The van der Waals surface area contributed by atoms with Crippen LogP contribution in [-0.4, -0.2) is 51.8 Å². The third-order valence-corrected chi connectivity index (χ3v) is 7.04. The van der Waals surface area contributed by atoms with E-state index in [0.717, 1.165) is 12.8 Å². The van der Waals surface area contributed by atoms with Crippen molar-refractivity contribution in [2.45, 2.75) is 37.8 Å². The lowest BCUT2D eigenvalue weighted by atomic mass is 9.75. The maximum absolute atomic E-state index is 13.4. The molecule has 1 aliphatic carbocycles. The van der Waals surface area contributed by atoms with Crippen molar-refractivity contribution >= 4 is 45.9 Å². The maximum atomic E-state index is 13.4. The molecule has 0 bridgehead atoms. The van der Waals surface area contributed by atoms with E-state index in [1.165, 1.54) is 11.1 Å². The smallest absolute Gasteiger partial charge is 0.174 e. The van der Waals surface area contributed by atoms with Crippen molar-refractivity contribution in [3.05, 3.63) is 35.4 Å². The molecule has 3 N–H and O–H groups in total. The lowest BCUT2D eigenvalue weighted by Crippen LogP contribution is -2.48. The predicted octanol–water partition coefficient (Wildman–Crippen LogP) is 1.75. The number of thiocarbonyl (C=S) groups is 2. The van der Waals surface area contributed by atoms with E-state index in [-0.39, 0.29) is 22.5 Å². The quantitative estimate of drug-likeness (QED) is 0.631. The van der Waals surface area contributed by atoms with Crippen LogP contribution >= 0.6 is 24.4 Å². The highest BCUT2D eigenvalue weighted by Gasteiger charge is 2.48. The molecule has 3 aliphatic rings. The fraction of sp³-hybridized carbons (Fsp3) is 0.524. The molecule has 28 heavy (non-hydrogen) atoms. The van der Waals surface area contributed by atoms with E-state index in [2.05, 4.69) is 22.8 Å². The average molecular weight is 417 g/mol. The van der Waals surface area contributed by atoms with Gasteiger partial charge in [0, 0.05) is 23.2 Å². The molecular weight excluding hydrogens is 392 g/mol. The van der Waals surface area contributed by atoms with Gasteiger partial charge in [-0.1, -0.05) is 36.5 Å². The molecule has 2 aliphatic heterocycles. The minimum absolute atomic E-state index is 0.0687. The number of hydrogen-bond acceptors (Lipinski definition) is 6. The summed E-state index contributed by atoms with van der Waals surface area (Å²) in [5.41, 5.74) is 2.53. The molecule has 5 nitrogen and oxygen atoms in total. The second-order valence-electron chi connectivity index (χ2n) is 7.98. The van der Waals surface area contributed by atoms with Crippen LogP contribution in [0.15, 0.2) is 24.3 Å². The van der Waals surface area contributed by atoms with E-state index in [4.69, 9.17) is 24.4 Å². The molecule has 0 amide bonds. The number of rotatable bonds is 5. The van der Waals surface area contributed by atoms with Crippen LogP contribution in [0.3, 0.4) is 0 Å². The van der Waals surface area contributed by atoms with E-state index >= 15 is 0 Å². The standard InChI is InChI=1S/C21H24N2O3S2/c24-19(13-6-5-11-3-1-2-4-12(11)9-13)16-15(27)10-23-18(16)20(25)14-7-8-22-17(14)21(26)28/h1-4,13-14,16-18,22-23H,5-10H2,(H,26,28)/t13-,14?,16?,17-,18-/m0/s1. The van der Waals surface area contributed by atoms with E-state index in [1.54, 1.807) is 0 Å². The molecule has 2 unspecified atom stereocenters. The summed E-state index contributed by atoms with van der Waals surface area (Å²) < 4.78 is 0. The number of ketones is 2. The van der Waals surface area contributed by atoms with Crippen molar-refractivity contribution in [1.29, 1.82) is 0 Å². The molecule has 2 fully saturated rings. The maximum Gasteiger partial charge on any atom is 0.174 e. The zero-order valence-electron chi connectivity index (χ0n) is 15.5. The van der Waals surface area contributed by atoms with E-state index in [0.29, 0.717) is 30.8 Å². The first-order valence-electron chi connectivity index (χ1n) is 9.84. The molecular formula is C21H24N2O3S2. The van der Waals surface area contributed by atoms with Crippen LogP contribution in [0.4, 0.5) is 0 Å². The third-order valence-electron chi connectivity index (χ3n) is 6.39. The van der Waals surface area contributed by atoms with Crippen molar-refractivity contribution in [3.63, 3.8) is 0 Å². The lowest BCUT2D eigenvalue weighted by molar-refractivity contribution is -0.131. The molecule has 1 aromatic rings. The molecule has 7 heteroatoms. The van der Waals surface area contributed by atoms with Gasteiger partial charge in [0.05, 0.1) is 18.0 Å². The average Bonchev–Trinajstić information content (AvgIpc) is 3.33. The van der Waals surface area contributed by atoms with Crippen LogP contribution in [0, 0.1) is 17.8 Å². The zero-order chi connectivity index (χ0) is 19.8. The van der Waals surface area contributed by atoms with Gasteiger partial charge in [0.15, 0.2) is 10.8 Å². The van der Waals surface area contributed by atoms with Gasteiger partial charge >= 0.3 is 0 Å². The number of aliphatic hydroxyl groups is 1. The van der Waals surface area contributed by atoms with Crippen molar-refractivity contribution in [2.24, 2.45) is 17.8 Å². The van der Waals surface area contributed by atoms with Gasteiger partial charge in [-0.25, -0.2) is 0 Å². The Morgan fingerprint density at radius 2 is 1.79 bits per heavy atom. The van der Waals surface area contributed by atoms with E-state index in [9.17, 15) is 14.7 Å². The van der Waals surface area contributed by atoms with Crippen LogP contribution in [0.5, 0.6) is 0 Å². The lowest BCUT2D eigenvalue weighted by Gasteiger charge is -2.29. The van der Waals surface area contributed by atoms with Crippen LogP contribution < -0.4 is 10.6 Å². The third kappa shape index (κ3) is 3.56. The van der Waals surface area contributed by atoms with Crippen LogP contribution in [0.25, 0.3) is 0 Å². The van der Waals surface area contributed by atoms with Crippen molar-refractivity contribution in [3.8, 4) is 0 Å². The summed E-state index contributed by atoms with van der Waals surface area (Å²) in [6.45, 7) is 1.02. The number of aliphatic hydroxyl groups excluding tert-OH is 1. The number of carbonyl (C=O) groups excluding carboxylic acids is 2. The molecule has 0 saturated carbocycles. The highest BCUT2D eigenvalue weighted by atomic mass is 32.1. The number of fused-ring (bicyclic) bond motifs is 1. The Balaban J connectivity index is 1.52. The largest absolute Gasteiger partial charge is 0.501 e. The van der Waals surface area contributed by atoms with Gasteiger partial charge in [0.1, 0.15) is 5.78 Å². The Hall–Kier alpha value is -1.54. The van der Waals surface area contributed by atoms with Crippen molar-refractivity contribution in [1.82, 2.24) is 10.6 Å². The zero-order valence-corrected chi connectivity index (χ0v) is 17.2. The highest BCUT2D eigenvalue weighted by Crippen LogP contribution is 2.32. The Morgan fingerprint density at radius 3 is 2.54 bits per heavy atom. The molecule has 2 saturated heterocycles. The molecule has 0 radical (unpaired) electrons. The second-order valence-corrected chi connectivity index (χ2v) is 8.92. The summed E-state index contributed by atoms with van der Waals surface area (Å²) in [5.74, 6) is -1.08. The molecule has 0 spiro atoms. The van der Waals surface area contributed by atoms with E-state index < -0.39 is 23.9 Å². The first kappa shape index (κ1) is 19.8. The first-order chi connectivity index (χ1) is 13.5. The Kier molecular flexibility index (Phi) is 5.69. The molecule has 1 aromatic carbocycles. The molecule has 4 rings (SSSR count). The number of carbonyl (C=O) groups is 2. The topological polar surface area (TPSA) is 78.4 Å². The molecule has 5 atom stereocenters. The summed E-state index contributed by atoms with van der Waals surface area (Å²) in [6.07, 6.45) is 2.99. The molecule has 0 aromatic heterocycles. The number of Topliss-reactive ketones (excluding diaryl/α,β-unsaturated/α-hetero) is 2. The Labute approximate surface area is 175 Å². The molecule has 2 heterocycles. The minimum Gasteiger partial charge on any atom is -0.501 e. The van der Waals surface area contributed by atoms with Gasteiger partial charge in [-0.05, 0) is 55.6 Å². The Morgan fingerprint density at radius 1 is 1.04 bits per heavy atom. The fourth-order valence-electron chi connectivity index (χ4n) is 4.91. The van der Waals surface area contributed by atoms with Crippen LogP contribution in [0.2, 0.25) is 0 Å². The monoisotopic (exact) mass is 416 g/mol. The second kappa shape index (κ2) is 8.06. The number of aryl methyl sites for hydroxylation is 1. The van der Waals surface area contributed by atoms with Gasteiger partial charge in [-0.2, -0.15) is 0 Å². The first-order valence-corrected chi connectivity index (χ1v) is 10.7. The normalized spacial score (nSPS) is 32.1. The summed E-state index contributed by atoms with van der Waals surface area (Å²) >= 11 is 10.4. The SMILES string of the molecule is O=C(C1C(=S)CN[C@@H]1C(=O)C1CCN[C@@H]1C(O)=S)[C@H]1CCc2ccccc2C1. The number of hydrogen-bond donors (Lipinski definition) is 3. The van der Waals surface area contributed by atoms with Gasteiger partial charge in [0.2, 0.25) is 0 Å². The van der Waals surface area contributed by atoms with Crippen LogP contribution in [-0.2, 0) is 22.4 Å². The van der Waals surface area contributed by atoms with Crippen molar-refractivity contribution < 1.29 is 14.7 Å². The predicted molar refractivity (Wildman–Crippen MR) is 115 cm³/mol. The highest BCUT2D eigenvalue weighted by molar-refractivity contribution is 7.80. The fourth-order valence-corrected chi connectivity index (χ4v) is 5.49. The minimum atomic E-state index is -0.612.